The van der Waals surface area contributed by atoms with Gasteiger partial charge in [0.25, 0.3) is 0 Å². The molecule has 0 amide bonds. The van der Waals surface area contributed by atoms with Crippen molar-refractivity contribution in [2.24, 2.45) is 5.92 Å². The van der Waals surface area contributed by atoms with Gasteiger partial charge in [-0.15, -0.1) is 0 Å². The lowest BCUT2D eigenvalue weighted by atomic mass is 10.1. The van der Waals surface area contributed by atoms with Crippen molar-refractivity contribution in [1.82, 2.24) is 0 Å². The molecule has 0 heterocycles. The van der Waals surface area contributed by atoms with Crippen LogP contribution >= 0.6 is 0 Å². The van der Waals surface area contributed by atoms with E-state index >= 15 is 0 Å². The van der Waals surface area contributed by atoms with E-state index in [0.29, 0.717) is 11.3 Å². The summed E-state index contributed by atoms with van der Waals surface area (Å²) in [7, 11) is -7.73. The molecule has 0 aromatic rings. The quantitative estimate of drug-likeness (QED) is 0.163. The summed E-state index contributed by atoms with van der Waals surface area (Å²) in [5.74, 6) is 1.05. The monoisotopic (exact) mass is 887 g/mol. The van der Waals surface area contributed by atoms with E-state index in [1.807, 2.05) is 0 Å². The fraction of sp³-hybridized carbons (Fsp3) is 1.00. The first-order valence-electron chi connectivity index (χ1n) is 21.7. The van der Waals surface area contributed by atoms with Gasteiger partial charge in [0.05, 0.1) is 36.1 Å². The van der Waals surface area contributed by atoms with Gasteiger partial charge < -0.3 is 17.7 Å². The average molecular weight is 888 g/mol. The highest BCUT2D eigenvalue weighted by atomic mass is 28.4. The van der Waals surface area contributed by atoms with Crippen LogP contribution < -0.4 is 0 Å². The average Bonchev–Trinajstić information content (AvgIpc) is 3.35. The Morgan fingerprint density at radius 1 is 0.547 bits per heavy atom. The SMILES string of the molecule is CC(C(C)(C)O[Si](C)(C)C)[Si](C)(C)C.CC(O[Si](C)(C)C)[Si](C)(C)C.CC([SiH](C)C)C(C)(C)O[SiH](C)C.CC1CCCC1.C[SiH](C)OC(C)(C)[SiH](C)C. The molecule has 0 radical (unpaired) electrons. The molecule has 1 aliphatic rings. The molecule has 1 saturated carbocycles. The van der Waals surface area contributed by atoms with Crippen molar-refractivity contribution >= 4 is 68.5 Å². The lowest BCUT2D eigenvalue weighted by molar-refractivity contribution is 0.0946. The normalized spacial score (nSPS) is 16.9. The molecule has 1 rings (SSSR count). The Kier molecular flexibility index (Phi) is 30.0. The number of hydrogen-bond acceptors (Lipinski definition) is 4. The molecule has 0 bridgehead atoms. The van der Waals surface area contributed by atoms with Gasteiger partial charge in [0.1, 0.15) is 0 Å². The van der Waals surface area contributed by atoms with Gasteiger partial charge in [0, 0.05) is 19.7 Å². The third-order valence-corrected chi connectivity index (χ3v) is 27.3. The van der Waals surface area contributed by atoms with Gasteiger partial charge in [0.15, 0.2) is 34.7 Å². The molecule has 0 aromatic heterocycles. The molecular weight excluding hydrogens is 781 g/mol. The van der Waals surface area contributed by atoms with Crippen LogP contribution in [0.15, 0.2) is 0 Å². The van der Waals surface area contributed by atoms with Crippen LogP contribution in [-0.4, -0.2) is 90.6 Å². The zero-order valence-electron chi connectivity index (χ0n) is 42.6. The summed E-state index contributed by atoms with van der Waals surface area (Å²) in [6.45, 7) is 69.1. The van der Waals surface area contributed by atoms with E-state index in [2.05, 4.69) is 200 Å². The molecule has 0 aromatic carbocycles. The van der Waals surface area contributed by atoms with Crippen LogP contribution in [0.4, 0.5) is 0 Å². The summed E-state index contributed by atoms with van der Waals surface area (Å²) in [5, 5.41) is 0.223. The van der Waals surface area contributed by atoms with Crippen molar-refractivity contribution in [3.63, 3.8) is 0 Å². The molecule has 326 valence electrons. The molecule has 0 N–H and O–H groups in total. The summed E-state index contributed by atoms with van der Waals surface area (Å²) >= 11 is 0. The van der Waals surface area contributed by atoms with Crippen molar-refractivity contribution in [2.75, 3.05) is 0 Å². The topological polar surface area (TPSA) is 36.9 Å². The van der Waals surface area contributed by atoms with Crippen molar-refractivity contribution in [3.05, 3.63) is 0 Å². The minimum atomic E-state index is -1.41. The molecular formula is C41H106O4Si8. The molecule has 53 heavy (non-hydrogen) atoms. The lowest BCUT2D eigenvalue weighted by Crippen LogP contribution is -2.47. The fourth-order valence-corrected chi connectivity index (χ4v) is 20.0. The first-order chi connectivity index (χ1) is 23.0. The van der Waals surface area contributed by atoms with Crippen LogP contribution in [0, 0.1) is 5.92 Å². The fourth-order valence-electron chi connectivity index (χ4n) is 6.02. The number of hydrogen-bond donors (Lipinski definition) is 0. The van der Waals surface area contributed by atoms with E-state index in [1.165, 1.54) is 25.7 Å². The summed E-state index contributed by atoms with van der Waals surface area (Å²) < 4.78 is 24.2. The Labute approximate surface area is 349 Å². The highest BCUT2D eigenvalue weighted by molar-refractivity contribution is 6.79. The highest BCUT2D eigenvalue weighted by Crippen LogP contribution is 2.37. The van der Waals surface area contributed by atoms with Gasteiger partial charge in [-0.25, -0.2) is 0 Å². The minimum absolute atomic E-state index is 0.0505. The largest absolute Gasteiger partial charge is 0.419 e. The van der Waals surface area contributed by atoms with Gasteiger partial charge >= 0.3 is 0 Å². The van der Waals surface area contributed by atoms with Crippen molar-refractivity contribution in [1.29, 1.82) is 0 Å². The lowest BCUT2D eigenvalue weighted by Gasteiger charge is -2.43. The third kappa shape index (κ3) is 35.3. The van der Waals surface area contributed by atoms with E-state index in [1.54, 1.807) is 0 Å². The molecule has 0 saturated heterocycles. The van der Waals surface area contributed by atoms with Gasteiger partial charge in [-0.2, -0.15) is 0 Å². The molecule has 4 nitrogen and oxygen atoms in total. The Bertz CT molecular complexity index is 907. The van der Waals surface area contributed by atoms with E-state index in [9.17, 15) is 0 Å². The molecule has 3 unspecified atom stereocenters. The summed E-state index contributed by atoms with van der Waals surface area (Å²) in [5.41, 5.74) is 2.15. The molecule has 3 atom stereocenters. The number of rotatable bonds is 14. The summed E-state index contributed by atoms with van der Waals surface area (Å²) in [4.78, 5) is 0. The third-order valence-electron chi connectivity index (χ3n) is 10.9. The maximum atomic E-state index is 6.29. The summed E-state index contributed by atoms with van der Waals surface area (Å²) in [6, 6.07) is 0. The van der Waals surface area contributed by atoms with Crippen molar-refractivity contribution in [2.45, 2.75) is 259 Å². The van der Waals surface area contributed by atoms with E-state index in [4.69, 9.17) is 17.7 Å². The van der Waals surface area contributed by atoms with Crippen LogP contribution in [0.25, 0.3) is 0 Å². The van der Waals surface area contributed by atoms with Crippen LogP contribution in [0.5, 0.6) is 0 Å². The van der Waals surface area contributed by atoms with E-state index < -0.39 is 68.5 Å². The minimum Gasteiger partial charge on any atom is -0.419 e. The predicted molar refractivity (Wildman–Crippen MR) is 271 cm³/mol. The molecule has 0 aliphatic heterocycles. The van der Waals surface area contributed by atoms with E-state index in [-0.39, 0.29) is 16.4 Å². The zero-order chi connectivity index (χ0) is 43.8. The predicted octanol–water partition coefficient (Wildman–Crippen LogP) is 14.1. The van der Waals surface area contributed by atoms with Crippen LogP contribution in [-0.2, 0) is 17.7 Å². The van der Waals surface area contributed by atoms with Gasteiger partial charge in [0.2, 0.25) is 0 Å². The standard InChI is InChI=1S/C11H28OSi2.C9H24OSi2.C8H22OSi2.C7H20OSi2.C6H12/c1-10(13(4,5)6)11(2,3)12-14(7,8)9;1-8(11(4)5)9(2,3)10-12(6)7;1-8(10(2,3)4)9-11(5,6)7;1-7(2,9(3)4)8-10(5)6;1-6-4-2-3-5-6/h10H,1-9H3;8,11-12H,1-7H3;8H,1-7H3;9-10H,1-6H3;6H,2-5H2,1H3. The molecule has 12 heteroatoms. The molecule has 1 fully saturated rings. The first kappa shape index (κ1) is 61.2. The maximum absolute atomic E-state index is 6.29. The Balaban J connectivity index is -0.000000288. The Hall–Kier alpha value is 1.58. The smallest absolute Gasteiger partial charge is 0.184 e. The second kappa shape index (κ2) is 25.9. The second-order valence-electron chi connectivity index (χ2n) is 23.3. The summed E-state index contributed by atoms with van der Waals surface area (Å²) in [6.07, 6.45) is 5.95. The van der Waals surface area contributed by atoms with E-state index in [0.717, 1.165) is 11.5 Å². The Morgan fingerprint density at radius 3 is 1.09 bits per heavy atom. The highest BCUT2D eigenvalue weighted by Gasteiger charge is 2.39. The van der Waals surface area contributed by atoms with Crippen LogP contribution in [0.2, 0.25) is 142 Å². The van der Waals surface area contributed by atoms with Crippen LogP contribution in [0.1, 0.15) is 94.9 Å². The molecule has 1 aliphatic carbocycles. The van der Waals surface area contributed by atoms with Gasteiger partial charge in [-0.05, 0) is 131 Å². The van der Waals surface area contributed by atoms with Crippen LogP contribution in [0.3, 0.4) is 0 Å². The molecule has 0 spiro atoms. The second-order valence-corrected chi connectivity index (χ2v) is 55.1. The zero-order valence-corrected chi connectivity index (χ0v) is 51.2. The van der Waals surface area contributed by atoms with Crippen molar-refractivity contribution in [3.8, 4) is 0 Å². The van der Waals surface area contributed by atoms with Crippen molar-refractivity contribution < 1.29 is 17.7 Å². The Morgan fingerprint density at radius 2 is 0.925 bits per heavy atom. The maximum Gasteiger partial charge on any atom is 0.184 e. The van der Waals surface area contributed by atoms with Gasteiger partial charge in [-0.3, -0.25) is 0 Å². The first-order valence-corrected chi connectivity index (χ1v) is 47.1. The van der Waals surface area contributed by atoms with Gasteiger partial charge in [-0.1, -0.05) is 112 Å².